The fourth-order valence-electron chi connectivity index (χ4n) is 2.09. The average molecular weight is 260 g/mol. The molecule has 0 rings (SSSR count). The van der Waals surface area contributed by atoms with Crippen LogP contribution in [0.3, 0.4) is 0 Å². The lowest BCUT2D eigenvalue weighted by Gasteiger charge is -2.08. The monoisotopic (exact) mass is 260 g/mol. The number of hydrogen-bond donors (Lipinski definition) is 1. The smallest absolute Gasteiger partial charge is 0.146 e. The molecule has 3 nitrogen and oxygen atoms in total. The largest absolute Gasteiger partial charge is 0.393 e. The van der Waals surface area contributed by atoms with Gasteiger partial charge >= 0.3 is 0 Å². The molecule has 1 N–H and O–H groups in total. The van der Waals surface area contributed by atoms with Crippen LogP contribution in [0.4, 0.5) is 0 Å². The first kappa shape index (κ1) is 17.9. The van der Waals surface area contributed by atoms with Crippen molar-refractivity contribution in [2.75, 3.05) is 20.5 Å². The Bertz CT molecular complexity index is 151. The maximum absolute atomic E-state index is 9.57. The fraction of sp³-hybridized carbons (Fsp3) is 1.00. The van der Waals surface area contributed by atoms with Gasteiger partial charge in [0.05, 0.1) is 6.10 Å². The molecule has 0 radical (unpaired) electrons. The molecule has 110 valence electrons. The van der Waals surface area contributed by atoms with E-state index in [-0.39, 0.29) is 6.10 Å². The molecule has 0 aromatic carbocycles. The summed E-state index contributed by atoms with van der Waals surface area (Å²) in [4.78, 5) is 0. The number of aliphatic hydroxyl groups excluding tert-OH is 1. The lowest BCUT2D eigenvalue weighted by Crippen LogP contribution is -2.04. The summed E-state index contributed by atoms with van der Waals surface area (Å²) in [5.41, 5.74) is 0. The van der Waals surface area contributed by atoms with Crippen LogP contribution in [0.25, 0.3) is 0 Å². The van der Waals surface area contributed by atoms with Crippen LogP contribution in [0.15, 0.2) is 0 Å². The van der Waals surface area contributed by atoms with E-state index in [1.165, 1.54) is 38.5 Å². The zero-order valence-electron chi connectivity index (χ0n) is 12.3. The van der Waals surface area contributed by atoms with Crippen molar-refractivity contribution in [2.24, 2.45) is 0 Å². The topological polar surface area (TPSA) is 38.7 Å². The Morgan fingerprint density at radius 2 is 1.50 bits per heavy atom. The summed E-state index contributed by atoms with van der Waals surface area (Å²) in [5, 5.41) is 9.57. The lowest BCUT2D eigenvalue weighted by atomic mass is 10.0. The van der Waals surface area contributed by atoms with E-state index < -0.39 is 0 Å². The van der Waals surface area contributed by atoms with Crippen molar-refractivity contribution < 1.29 is 14.6 Å². The summed E-state index contributed by atoms with van der Waals surface area (Å²) >= 11 is 0. The molecule has 0 saturated heterocycles. The van der Waals surface area contributed by atoms with E-state index in [1.807, 2.05) is 0 Å². The number of unbranched alkanes of at least 4 members (excludes halogenated alkanes) is 6. The van der Waals surface area contributed by atoms with Gasteiger partial charge in [-0.25, -0.2) is 0 Å². The van der Waals surface area contributed by atoms with Gasteiger partial charge in [0.2, 0.25) is 0 Å². The Hall–Kier alpha value is -0.120. The fourth-order valence-corrected chi connectivity index (χ4v) is 2.09. The maximum atomic E-state index is 9.57. The molecule has 0 unspecified atom stereocenters. The number of hydrogen-bond acceptors (Lipinski definition) is 3. The number of methoxy groups -OCH3 is 1. The lowest BCUT2D eigenvalue weighted by molar-refractivity contribution is -0.0315. The van der Waals surface area contributed by atoms with E-state index >= 15 is 0 Å². The van der Waals surface area contributed by atoms with Crippen molar-refractivity contribution in [2.45, 2.75) is 77.2 Å². The predicted octanol–water partition coefficient (Wildman–Crippen LogP) is 3.89. The van der Waals surface area contributed by atoms with Crippen molar-refractivity contribution in [3.63, 3.8) is 0 Å². The second-order valence-electron chi connectivity index (χ2n) is 5.02. The summed E-state index contributed by atoms with van der Waals surface area (Å²) in [5.74, 6) is 0. The minimum absolute atomic E-state index is 0.0621. The van der Waals surface area contributed by atoms with Gasteiger partial charge in [-0.1, -0.05) is 51.9 Å². The average Bonchev–Trinajstić information content (AvgIpc) is 2.36. The Labute approximate surface area is 113 Å². The van der Waals surface area contributed by atoms with E-state index in [0.717, 1.165) is 32.3 Å². The molecular formula is C15H32O3. The molecule has 0 spiro atoms. The van der Waals surface area contributed by atoms with Crippen LogP contribution in [0, 0.1) is 0 Å². The Balaban J connectivity index is 2.98. The third kappa shape index (κ3) is 13.9. The molecule has 0 heterocycles. The molecule has 18 heavy (non-hydrogen) atoms. The molecule has 0 aliphatic rings. The second kappa shape index (κ2) is 14.9. The van der Waals surface area contributed by atoms with Crippen molar-refractivity contribution in [3.05, 3.63) is 0 Å². The minimum Gasteiger partial charge on any atom is -0.393 e. The maximum Gasteiger partial charge on any atom is 0.146 e. The molecule has 0 fully saturated rings. The predicted molar refractivity (Wildman–Crippen MR) is 75.7 cm³/mol. The third-order valence-electron chi connectivity index (χ3n) is 3.15. The highest BCUT2D eigenvalue weighted by atomic mass is 16.7. The molecule has 0 amide bonds. The molecule has 0 aliphatic carbocycles. The van der Waals surface area contributed by atoms with Gasteiger partial charge in [-0.15, -0.1) is 0 Å². The van der Waals surface area contributed by atoms with Crippen molar-refractivity contribution in [1.29, 1.82) is 0 Å². The van der Waals surface area contributed by atoms with Crippen LogP contribution in [-0.2, 0) is 9.47 Å². The highest BCUT2D eigenvalue weighted by Gasteiger charge is 2.01. The van der Waals surface area contributed by atoms with E-state index in [2.05, 4.69) is 6.92 Å². The van der Waals surface area contributed by atoms with Gasteiger partial charge in [0.25, 0.3) is 0 Å². The van der Waals surface area contributed by atoms with Gasteiger partial charge in [-0.3, -0.25) is 0 Å². The number of ether oxygens (including phenoxy) is 2. The van der Waals surface area contributed by atoms with Gasteiger partial charge in [0.15, 0.2) is 0 Å². The van der Waals surface area contributed by atoms with Crippen molar-refractivity contribution in [1.82, 2.24) is 0 Å². The molecule has 0 aromatic rings. The molecule has 1 atom stereocenters. The highest BCUT2D eigenvalue weighted by molar-refractivity contribution is 4.55. The SMILES string of the molecule is CCC[C@H](O)CCCCCCCCCOCOC. The van der Waals surface area contributed by atoms with Crippen LogP contribution in [-0.4, -0.2) is 31.7 Å². The van der Waals surface area contributed by atoms with Crippen LogP contribution >= 0.6 is 0 Å². The quantitative estimate of drug-likeness (QED) is 0.380. The number of aliphatic hydroxyl groups is 1. The molecule has 0 saturated carbocycles. The molecule has 0 aliphatic heterocycles. The first-order valence-corrected chi connectivity index (χ1v) is 7.56. The standard InChI is InChI=1S/C15H32O3/c1-3-11-15(16)12-9-7-5-4-6-8-10-13-18-14-17-2/h15-16H,3-14H2,1-2H3/t15-/m0/s1. The van der Waals surface area contributed by atoms with Crippen LogP contribution in [0.2, 0.25) is 0 Å². The van der Waals surface area contributed by atoms with E-state index in [9.17, 15) is 5.11 Å². The summed E-state index contributed by atoms with van der Waals surface area (Å²) in [6.45, 7) is 3.36. The molecular weight excluding hydrogens is 228 g/mol. The normalized spacial score (nSPS) is 12.8. The van der Waals surface area contributed by atoms with Gasteiger partial charge in [-0.2, -0.15) is 0 Å². The Morgan fingerprint density at radius 3 is 2.11 bits per heavy atom. The Kier molecular flexibility index (Phi) is 14.8. The van der Waals surface area contributed by atoms with Crippen molar-refractivity contribution >= 4 is 0 Å². The van der Waals surface area contributed by atoms with Crippen LogP contribution in [0.1, 0.15) is 71.1 Å². The van der Waals surface area contributed by atoms with Gasteiger partial charge in [0, 0.05) is 13.7 Å². The Morgan fingerprint density at radius 1 is 0.889 bits per heavy atom. The first-order valence-electron chi connectivity index (χ1n) is 7.56. The highest BCUT2D eigenvalue weighted by Crippen LogP contribution is 2.11. The van der Waals surface area contributed by atoms with Crippen LogP contribution < -0.4 is 0 Å². The first-order chi connectivity index (χ1) is 8.81. The molecule has 0 aromatic heterocycles. The minimum atomic E-state index is -0.0621. The zero-order valence-corrected chi connectivity index (χ0v) is 12.3. The molecule has 0 bridgehead atoms. The third-order valence-corrected chi connectivity index (χ3v) is 3.15. The van der Waals surface area contributed by atoms with Gasteiger partial charge < -0.3 is 14.6 Å². The van der Waals surface area contributed by atoms with Crippen LogP contribution in [0.5, 0.6) is 0 Å². The van der Waals surface area contributed by atoms with E-state index in [4.69, 9.17) is 9.47 Å². The van der Waals surface area contributed by atoms with Gasteiger partial charge in [0.1, 0.15) is 6.79 Å². The van der Waals surface area contributed by atoms with E-state index in [1.54, 1.807) is 7.11 Å². The van der Waals surface area contributed by atoms with E-state index in [0.29, 0.717) is 6.79 Å². The summed E-state index contributed by atoms with van der Waals surface area (Å²) in [7, 11) is 1.65. The van der Waals surface area contributed by atoms with Gasteiger partial charge in [-0.05, 0) is 19.3 Å². The number of rotatable bonds is 14. The summed E-state index contributed by atoms with van der Waals surface area (Å²) in [6.07, 6.45) is 11.7. The van der Waals surface area contributed by atoms with Crippen molar-refractivity contribution in [3.8, 4) is 0 Å². The second-order valence-corrected chi connectivity index (χ2v) is 5.02. The summed E-state index contributed by atoms with van der Waals surface area (Å²) in [6, 6.07) is 0. The molecule has 3 heteroatoms. The zero-order chi connectivity index (χ0) is 13.5. The summed E-state index contributed by atoms with van der Waals surface area (Å²) < 4.78 is 10.0.